The van der Waals surface area contributed by atoms with Gasteiger partial charge >= 0.3 is 0 Å². The van der Waals surface area contributed by atoms with Gasteiger partial charge in [-0.25, -0.2) is 0 Å². The molecule has 6 heteroatoms. The van der Waals surface area contributed by atoms with Gasteiger partial charge in [-0.2, -0.15) is 5.10 Å². The number of ether oxygens (including phenoxy) is 2. The molecular formula is C25H34N2O4. The van der Waals surface area contributed by atoms with E-state index in [0.29, 0.717) is 19.6 Å². The molecule has 0 amide bonds. The van der Waals surface area contributed by atoms with E-state index in [1.165, 1.54) is 0 Å². The fourth-order valence-corrected chi connectivity index (χ4v) is 4.91. The smallest absolute Gasteiger partial charge is 0.181 e. The Bertz CT molecular complexity index is 913. The van der Waals surface area contributed by atoms with Crippen molar-refractivity contribution < 1.29 is 19.4 Å². The largest absolute Gasteiger partial charge is 0.381 e. The quantitative estimate of drug-likeness (QED) is 0.675. The molecule has 31 heavy (non-hydrogen) atoms. The predicted octanol–water partition coefficient (Wildman–Crippen LogP) is 4.11. The number of aliphatic hydroxyl groups excluding tert-OH is 1. The Morgan fingerprint density at radius 2 is 1.94 bits per heavy atom. The zero-order valence-electron chi connectivity index (χ0n) is 18.9. The van der Waals surface area contributed by atoms with E-state index >= 15 is 0 Å². The molecule has 1 saturated heterocycles. The number of aliphatic hydroxyl groups is 1. The molecule has 1 aliphatic heterocycles. The van der Waals surface area contributed by atoms with Crippen molar-refractivity contribution in [3.63, 3.8) is 0 Å². The summed E-state index contributed by atoms with van der Waals surface area (Å²) in [5, 5.41) is 15.2. The molecule has 168 valence electrons. The SMILES string of the molecule is CCc1nn(CC(C)(C)COC(O)c2ccccc2)c2c1C(=O)CC1(CCOCC1)C2. The summed E-state index contributed by atoms with van der Waals surface area (Å²) in [6.07, 6.45) is 3.15. The minimum absolute atomic E-state index is 0.00920. The number of aromatic nitrogens is 2. The normalized spacial score (nSPS) is 19.4. The van der Waals surface area contributed by atoms with Crippen molar-refractivity contribution in [2.24, 2.45) is 10.8 Å². The third kappa shape index (κ3) is 4.76. The van der Waals surface area contributed by atoms with Crippen LogP contribution in [-0.2, 0) is 28.9 Å². The van der Waals surface area contributed by atoms with Crippen molar-refractivity contribution in [3.8, 4) is 0 Å². The monoisotopic (exact) mass is 426 g/mol. The summed E-state index contributed by atoms with van der Waals surface area (Å²) in [5.41, 5.74) is 3.32. The molecular weight excluding hydrogens is 392 g/mol. The van der Waals surface area contributed by atoms with Gasteiger partial charge in [0.15, 0.2) is 12.1 Å². The number of benzene rings is 1. The van der Waals surface area contributed by atoms with Crippen LogP contribution in [0.4, 0.5) is 0 Å². The van der Waals surface area contributed by atoms with Crippen LogP contribution in [0.2, 0.25) is 0 Å². The summed E-state index contributed by atoms with van der Waals surface area (Å²) in [6.45, 7) is 8.76. The fourth-order valence-electron chi connectivity index (χ4n) is 4.91. The van der Waals surface area contributed by atoms with Gasteiger partial charge in [0.05, 0.1) is 23.6 Å². The van der Waals surface area contributed by atoms with Gasteiger partial charge in [0.1, 0.15) is 0 Å². The fraction of sp³-hybridized carbons (Fsp3) is 0.600. The second kappa shape index (κ2) is 8.85. The first kappa shape index (κ1) is 22.2. The van der Waals surface area contributed by atoms with Gasteiger partial charge in [0.2, 0.25) is 0 Å². The molecule has 1 aromatic heterocycles. The van der Waals surface area contributed by atoms with Crippen LogP contribution in [0.25, 0.3) is 0 Å². The molecule has 4 rings (SSSR count). The van der Waals surface area contributed by atoms with Crippen LogP contribution < -0.4 is 0 Å². The standard InChI is InChI=1S/C25H34N2O4/c1-4-19-22-20(14-25(15-21(22)28)10-12-30-13-11-25)27(26-19)16-24(2,3)17-31-23(29)18-8-6-5-7-9-18/h5-9,23,29H,4,10-17H2,1-3H3. The number of nitrogens with zero attached hydrogens (tertiary/aromatic N) is 2. The molecule has 1 unspecified atom stereocenters. The number of ketones is 1. The maximum absolute atomic E-state index is 13.1. The number of carbonyl (C=O) groups is 1. The summed E-state index contributed by atoms with van der Waals surface area (Å²) in [6, 6.07) is 9.40. The topological polar surface area (TPSA) is 73.6 Å². The van der Waals surface area contributed by atoms with Gasteiger partial charge in [0, 0.05) is 37.2 Å². The molecule has 6 nitrogen and oxygen atoms in total. The maximum atomic E-state index is 13.1. The molecule has 0 radical (unpaired) electrons. The summed E-state index contributed by atoms with van der Waals surface area (Å²) in [4.78, 5) is 13.1. The van der Waals surface area contributed by atoms with Crippen molar-refractivity contribution >= 4 is 5.78 Å². The second-order valence-corrected chi connectivity index (χ2v) is 9.91. The third-order valence-corrected chi connectivity index (χ3v) is 6.67. The molecule has 0 saturated carbocycles. The molecule has 1 aliphatic carbocycles. The minimum Gasteiger partial charge on any atom is -0.381 e. The molecule has 1 spiro atoms. The van der Waals surface area contributed by atoms with Crippen LogP contribution in [-0.4, -0.2) is 40.5 Å². The van der Waals surface area contributed by atoms with Crippen molar-refractivity contribution in [3.05, 3.63) is 52.8 Å². The molecule has 2 heterocycles. The van der Waals surface area contributed by atoms with E-state index in [1.807, 2.05) is 35.0 Å². The number of Topliss-reactive ketones (excluding diaryl/α,β-unsaturated/α-hetero) is 1. The Morgan fingerprint density at radius 3 is 2.61 bits per heavy atom. The van der Waals surface area contributed by atoms with E-state index in [1.54, 1.807) is 0 Å². The lowest BCUT2D eigenvalue weighted by Crippen LogP contribution is -2.39. The van der Waals surface area contributed by atoms with Crippen LogP contribution in [0.15, 0.2) is 30.3 Å². The number of carbonyl (C=O) groups excluding carboxylic acids is 1. The van der Waals surface area contributed by atoms with E-state index in [2.05, 4.69) is 20.8 Å². The third-order valence-electron chi connectivity index (χ3n) is 6.67. The molecule has 1 fully saturated rings. The number of hydrogen-bond acceptors (Lipinski definition) is 5. The summed E-state index contributed by atoms with van der Waals surface area (Å²) >= 11 is 0. The molecule has 2 aromatic rings. The van der Waals surface area contributed by atoms with E-state index < -0.39 is 6.29 Å². The Kier molecular flexibility index (Phi) is 6.33. The minimum atomic E-state index is -0.953. The number of aryl methyl sites for hydroxylation is 1. The number of fused-ring (bicyclic) bond motifs is 1. The van der Waals surface area contributed by atoms with E-state index in [-0.39, 0.29) is 16.6 Å². The van der Waals surface area contributed by atoms with Crippen molar-refractivity contribution in [2.45, 2.75) is 65.7 Å². The molecule has 0 bridgehead atoms. The summed E-state index contributed by atoms with van der Waals surface area (Å²) < 4.78 is 13.4. The van der Waals surface area contributed by atoms with E-state index in [0.717, 1.165) is 61.4 Å². The van der Waals surface area contributed by atoms with Gasteiger partial charge in [-0.15, -0.1) is 0 Å². The summed E-state index contributed by atoms with van der Waals surface area (Å²) in [5.74, 6) is 0.236. The Labute approximate surface area is 184 Å². The van der Waals surface area contributed by atoms with Crippen LogP contribution in [0.5, 0.6) is 0 Å². The first-order valence-electron chi connectivity index (χ1n) is 11.4. The Balaban J connectivity index is 1.52. The van der Waals surface area contributed by atoms with Crippen molar-refractivity contribution in [2.75, 3.05) is 19.8 Å². The van der Waals surface area contributed by atoms with E-state index in [4.69, 9.17) is 14.6 Å². The van der Waals surface area contributed by atoms with Gasteiger partial charge < -0.3 is 14.6 Å². The number of hydrogen-bond donors (Lipinski definition) is 1. The Hall–Kier alpha value is -2.02. The average molecular weight is 427 g/mol. The first-order chi connectivity index (χ1) is 14.8. The molecule has 1 N–H and O–H groups in total. The van der Waals surface area contributed by atoms with E-state index in [9.17, 15) is 9.90 Å². The lowest BCUT2D eigenvalue weighted by Gasteiger charge is -2.40. The zero-order valence-corrected chi connectivity index (χ0v) is 18.9. The maximum Gasteiger partial charge on any atom is 0.181 e. The lowest BCUT2D eigenvalue weighted by atomic mass is 9.68. The highest BCUT2D eigenvalue weighted by Crippen LogP contribution is 2.44. The molecule has 1 atom stereocenters. The Morgan fingerprint density at radius 1 is 1.23 bits per heavy atom. The van der Waals surface area contributed by atoms with Crippen LogP contribution in [0.3, 0.4) is 0 Å². The zero-order chi connectivity index (χ0) is 22.1. The molecule has 1 aromatic carbocycles. The lowest BCUT2D eigenvalue weighted by molar-refractivity contribution is -0.127. The van der Waals surface area contributed by atoms with Crippen LogP contribution >= 0.6 is 0 Å². The highest BCUT2D eigenvalue weighted by Gasteiger charge is 2.43. The predicted molar refractivity (Wildman–Crippen MR) is 118 cm³/mol. The average Bonchev–Trinajstić information content (AvgIpc) is 3.10. The van der Waals surface area contributed by atoms with Gasteiger partial charge in [-0.3, -0.25) is 9.48 Å². The second-order valence-electron chi connectivity index (χ2n) is 9.91. The van der Waals surface area contributed by atoms with Gasteiger partial charge in [-0.05, 0) is 31.1 Å². The number of rotatable bonds is 7. The van der Waals surface area contributed by atoms with Crippen molar-refractivity contribution in [1.29, 1.82) is 0 Å². The van der Waals surface area contributed by atoms with Gasteiger partial charge in [-0.1, -0.05) is 51.1 Å². The van der Waals surface area contributed by atoms with Crippen LogP contribution in [0.1, 0.15) is 73.6 Å². The summed E-state index contributed by atoms with van der Waals surface area (Å²) in [7, 11) is 0. The van der Waals surface area contributed by atoms with Gasteiger partial charge in [0.25, 0.3) is 0 Å². The highest BCUT2D eigenvalue weighted by atomic mass is 16.6. The highest BCUT2D eigenvalue weighted by molar-refractivity contribution is 5.99. The first-order valence-corrected chi connectivity index (χ1v) is 11.4. The molecule has 2 aliphatic rings. The van der Waals surface area contributed by atoms with Crippen LogP contribution in [0, 0.1) is 10.8 Å². The van der Waals surface area contributed by atoms with Crippen molar-refractivity contribution in [1.82, 2.24) is 9.78 Å².